The standard InChI is InChI=1S/C8H11BrN2S/c1-5(2)7-10-4-6(9)8(11-7)12-3/h4-5H,1-3H3. The highest BCUT2D eigenvalue weighted by Gasteiger charge is 2.06. The van der Waals surface area contributed by atoms with Gasteiger partial charge >= 0.3 is 0 Å². The summed E-state index contributed by atoms with van der Waals surface area (Å²) in [6.45, 7) is 4.18. The van der Waals surface area contributed by atoms with Crippen LogP contribution in [-0.4, -0.2) is 16.2 Å². The van der Waals surface area contributed by atoms with Crippen LogP contribution in [0.15, 0.2) is 15.7 Å². The first-order valence-electron chi connectivity index (χ1n) is 3.71. The van der Waals surface area contributed by atoms with E-state index in [-0.39, 0.29) is 0 Å². The van der Waals surface area contributed by atoms with Crippen LogP contribution in [0.4, 0.5) is 0 Å². The molecule has 12 heavy (non-hydrogen) atoms. The number of thioether (sulfide) groups is 1. The maximum absolute atomic E-state index is 4.40. The van der Waals surface area contributed by atoms with E-state index >= 15 is 0 Å². The molecule has 1 heterocycles. The number of nitrogens with zero attached hydrogens (tertiary/aromatic N) is 2. The highest BCUT2D eigenvalue weighted by Crippen LogP contribution is 2.23. The van der Waals surface area contributed by atoms with Crippen LogP contribution in [0.3, 0.4) is 0 Å². The van der Waals surface area contributed by atoms with Gasteiger partial charge in [-0.25, -0.2) is 9.97 Å². The van der Waals surface area contributed by atoms with Crippen LogP contribution in [-0.2, 0) is 0 Å². The predicted molar refractivity (Wildman–Crippen MR) is 55.6 cm³/mol. The molecule has 0 N–H and O–H groups in total. The third-order valence-corrected chi connectivity index (χ3v) is 2.98. The number of rotatable bonds is 2. The number of halogens is 1. The predicted octanol–water partition coefficient (Wildman–Crippen LogP) is 3.08. The second kappa shape index (κ2) is 4.23. The van der Waals surface area contributed by atoms with Crippen molar-refractivity contribution >= 4 is 27.7 Å². The Kier molecular flexibility index (Phi) is 3.53. The van der Waals surface area contributed by atoms with Gasteiger partial charge in [0.05, 0.1) is 4.47 Å². The Bertz CT molecular complexity index is 276. The van der Waals surface area contributed by atoms with Gasteiger partial charge in [0.15, 0.2) is 0 Å². The summed E-state index contributed by atoms with van der Waals surface area (Å²) >= 11 is 5.02. The zero-order chi connectivity index (χ0) is 9.14. The van der Waals surface area contributed by atoms with Crippen LogP contribution < -0.4 is 0 Å². The zero-order valence-electron chi connectivity index (χ0n) is 7.34. The SMILES string of the molecule is CSc1nc(C(C)C)ncc1Br. The first-order valence-corrected chi connectivity index (χ1v) is 5.73. The lowest BCUT2D eigenvalue weighted by Gasteiger charge is -2.05. The molecular weight excluding hydrogens is 236 g/mol. The van der Waals surface area contributed by atoms with Crippen LogP contribution in [0.5, 0.6) is 0 Å². The van der Waals surface area contributed by atoms with E-state index in [0.29, 0.717) is 5.92 Å². The highest BCUT2D eigenvalue weighted by molar-refractivity contribution is 9.10. The van der Waals surface area contributed by atoms with Crippen molar-refractivity contribution in [1.82, 2.24) is 9.97 Å². The average molecular weight is 247 g/mol. The van der Waals surface area contributed by atoms with E-state index in [0.717, 1.165) is 15.3 Å². The molecule has 0 aliphatic heterocycles. The molecule has 1 rings (SSSR count). The van der Waals surface area contributed by atoms with E-state index in [2.05, 4.69) is 39.7 Å². The molecule has 1 aromatic heterocycles. The van der Waals surface area contributed by atoms with Crippen molar-refractivity contribution in [2.24, 2.45) is 0 Å². The molecule has 0 saturated heterocycles. The van der Waals surface area contributed by atoms with E-state index in [4.69, 9.17) is 0 Å². The minimum atomic E-state index is 0.393. The van der Waals surface area contributed by atoms with Crippen molar-refractivity contribution in [1.29, 1.82) is 0 Å². The zero-order valence-corrected chi connectivity index (χ0v) is 9.74. The van der Waals surface area contributed by atoms with Crippen molar-refractivity contribution in [3.05, 3.63) is 16.5 Å². The number of aromatic nitrogens is 2. The third kappa shape index (κ3) is 2.20. The molecule has 0 aromatic carbocycles. The van der Waals surface area contributed by atoms with E-state index < -0.39 is 0 Å². The summed E-state index contributed by atoms with van der Waals surface area (Å²) in [4.78, 5) is 8.61. The van der Waals surface area contributed by atoms with Gasteiger partial charge in [-0.2, -0.15) is 0 Å². The second-order valence-corrected chi connectivity index (χ2v) is 4.39. The molecule has 0 radical (unpaired) electrons. The monoisotopic (exact) mass is 246 g/mol. The van der Waals surface area contributed by atoms with Gasteiger partial charge in [0.1, 0.15) is 10.9 Å². The minimum absolute atomic E-state index is 0.393. The van der Waals surface area contributed by atoms with Crippen LogP contribution >= 0.6 is 27.7 Å². The molecule has 0 aliphatic carbocycles. The van der Waals surface area contributed by atoms with Gasteiger partial charge in [-0.05, 0) is 22.2 Å². The molecule has 0 spiro atoms. The summed E-state index contributed by atoms with van der Waals surface area (Å²) in [7, 11) is 0. The maximum Gasteiger partial charge on any atom is 0.132 e. The summed E-state index contributed by atoms with van der Waals surface area (Å²) in [5.74, 6) is 1.30. The summed E-state index contributed by atoms with van der Waals surface area (Å²) < 4.78 is 0.972. The molecule has 0 unspecified atom stereocenters. The van der Waals surface area contributed by atoms with Crippen molar-refractivity contribution in [2.45, 2.75) is 24.8 Å². The Labute approximate surface area is 85.3 Å². The van der Waals surface area contributed by atoms with Gasteiger partial charge in [-0.15, -0.1) is 11.8 Å². The van der Waals surface area contributed by atoms with Gasteiger partial charge in [0.25, 0.3) is 0 Å². The van der Waals surface area contributed by atoms with Crippen LogP contribution in [0, 0.1) is 0 Å². The lowest BCUT2D eigenvalue weighted by atomic mass is 10.2. The molecule has 4 heteroatoms. The van der Waals surface area contributed by atoms with E-state index in [1.54, 1.807) is 11.8 Å². The Balaban J connectivity index is 3.05. The van der Waals surface area contributed by atoms with E-state index in [1.807, 2.05) is 12.5 Å². The smallest absolute Gasteiger partial charge is 0.132 e. The van der Waals surface area contributed by atoms with Gasteiger partial charge in [0, 0.05) is 12.1 Å². The fourth-order valence-electron chi connectivity index (χ4n) is 0.786. The van der Waals surface area contributed by atoms with Gasteiger partial charge in [-0.1, -0.05) is 13.8 Å². The van der Waals surface area contributed by atoms with Crippen molar-refractivity contribution in [3.8, 4) is 0 Å². The molecule has 2 nitrogen and oxygen atoms in total. The molecular formula is C8H11BrN2S. The lowest BCUT2D eigenvalue weighted by molar-refractivity contribution is 0.750. The van der Waals surface area contributed by atoms with Crippen molar-refractivity contribution in [3.63, 3.8) is 0 Å². The summed E-state index contributed by atoms with van der Waals surface area (Å²) in [6.07, 6.45) is 3.82. The minimum Gasteiger partial charge on any atom is -0.240 e. The van der Waals surface area contributed by atoms with Gasteiger partial charge < -0.3 is 0 Å². The Morgan fingerprint density at radius 3 is 2.67 bits per heavy atom. The van der Waals surface area contributed by atoms with Crippen LogP contribution in [0.1, 0.15) is 25.6 Å². The lowest BCUT2D eigenvalue weighted by Crippen LogP contribution is -1.98. The fourth-order valence-corrected chi connectivity index (χ4v) is 1.89. The van der Waals surface area contributed by atoms with Gasteiger partial charge in [-0.3, -0.25) is 0 Å². The molecule has 0 amide bonds. The molecule has 0 bridgehead atoms. The van der Waals surface area contributed by atoms with Crippen LogP contribution in [0.2, 0.25) is 0 Å². The summed E-state index contributed by atoms with van der Waals surface area (Å²) in [5, 5.41) is 1.01. The van der Waals surface area contributed by atoms with E-state index in [1.165, 1.54) is 0 Å². The molecule has 66 valence electrons. The highest BCUT2D eigenvalue weighted by atomic mass is 79.9. The van der Waals surface area contributed by atoms with Crippen molar-refractivity contribution < 1.29 is 0 Å². The Hall–Kier alpha value is -0.0900. The number of hydrogen-bond donors (Lipinski definition) is 0. The molecule has 0 saturated carbocycles. The maximum atomic E-state index is 4.40. The average Bonchev–Trinajstić information content (AvgIpc) is 2.05. The second-order valence-electron chi connectivity index (χ2n) is 2.74. The third-order valence-electron chi connectivity index (χ3n) is 1.44. The molecule has 0 aliphatic rings. The quantitative estimate of drug-likeness (QED) is 0.593. The first kappa shape index (κ1) is 9.99. The summed E-state index contributed by atoms with van der Waals surface area (Å²) in [5.41, 5.74) is 0. The molecule has 1 aromatic rings. The first-order chi connectivity index (χ1) is 5.65. The Morgan fingerprint density at radius 1 is 1.50 bits per heavy atom. The van der Waals surface area contributed by atoms with Gasteiger partial charge in [0.2, 0.25) is 0 Å². The topological polar surface area (TPSA) is 25.8 Å². The Morgan fingerprint density at radius 2 is 2.17 bits per heavy atom. The molecule has 0 atom stereocenters. The largest absolute Gasteiger partial charge is 0.240 e. The normalized spacial score (nSPS) is 10.8. The fraction of sp³-hybridized carbons (Fsp3) is 0.500. The van der Waals surface area contributed by atoms with Crippen molar-refractivity contribution in [2.75, 3.05) is 6.26 Å². The number of hydrogen-bond acceptors (Lipinski definition) is 3. The van der Waals surface area contributed by atoms with E-state index in [9.17, 15) is 0 Å². The summed E-state index contributed by atoms with van der Waals surface area (Å²) in [6, 6.07) is 0. The molecule has 0 fully saturated rings. The van der Waals surface area contributed by atoms with Crippen LogP contribution in [0.25, 0.3) is 0 Å².